The normalized spacial score (nSPS) is 15.4. The number of nitrogens with zero attached hydrogens (tertiary/aromatic N) is 3. The molecule has 0 amide bonds. The van der Waals surface area contributed by atoms with Crippen LogP contribution in [0.4, 0.5) is 14.5 Å². The lowest BCUT2D eigenvalue weighted by molar-refractivity contribution is 0.153. The summed E-state index contributed by atoms with van der Waals surface area (Å²) in [6.45, 7) is 3.03. The maximum Gasteiger partial charge on any atom is 0.268 e. The summed E-state index contributed by atoms with van der Waals surface area (Å²) >= 11 is 6.13. The first kappa shape index (κ1) is 23.8. The van der Waals surface area contributed by atoms with Crippen molar-refractivity contribution in [2.24, 2.45) is 0 Å². The number of halogens is 3. The molecule has 1 aliphatic rings. The third-order valence-electron chi connectivity index (χ3n) is 6.52. The molecule has 3 aromatic carbocycles. The van der Waals surface area contributed by atoms with E-state index in [1.54, 1.807) is 25.3 Å². The highest BCUT2D eigenvalue weighted by atomic mass is 35.5. The van der Waals surface area contributed by atoms with E-state index in [2.05, 4.69) is 9.80 Å². The summed E-state index contributed by atoms with van der Waals surface area (Å²) < 4.78 is 62.5. The zero-order valence-corrected chi connectivity index (χ0v) is 20.8. The van der Waals surface area contributed by atoms with Crippen LogP contribution in [-0.4, -0.2) is 57.6 Å². The molecule has 0 N–H and O–H groups in total. The van der Waals surface area contributed by atoms with Crippen LogP contribution >= 0.6 is 11.6 Å². The van der Waals surface area contributed by atoms with Crippen LogP contribution in [0, 0.1) is 0 Å². The Kier molecular flexibility index (Phi) is 6.11. The van der Waals surface area contributed by atoms with Gasteiger partial charge in [-0.3, -0.25) is 0 Å². The number of benzene rings is 3. The van der Waals surface area contributed by atoms with Crippen molar-refractivity contribution >= 4 is 49.0 Å². The average molecular weight is 520 g/mol. The van der Waals surface area contributed by atoms with E-state index in [9.17, 15) is 17.2 Å². The number of hydrogen-bond donors (Lipinski definition) is 0. The fourth-order valence-corrected chi connectivity index (χ4v) is 6.44. The molecule has 184 valence electrons. The van der Waals surface area contributed by atoms with Gasteiger partial charge in [0.05, 0.1) is 23.2 Å². The van der Waals surface area contributed by atoms with Gasteiger partial charge in [-0.05, 0) is 25.2 Å². The molecule has 0 unspecified atom stereocenters. The highest BCUT2D eigenvalue weighted by molar-refractivity contribution is 7.90. The second kappa shape index (κ2) is 8.96. The molecule has 4 aromatic rings. The first-order valence-corrected chi connectivity index (χ1v) is 12.9. The van der Waals surface area contributed by atoms with Gasteiger partial charge in [-0.25, -0.2) is 21.2 Å². The van der Waals surface area contributed by atoms with E-state index in [1.807, 2.05) is 19.2 Å². The molecular formula is C25H24ClF2N3O3S. The van der Waals surface area contributed by atoms with Crippen molar-refractivity contribution in [1.29, 1.82) is 0 Å². The summed E-state index contributed by atoms with van der Waals surface area (Å²) in [5, 5.41) is 1.48. The molecule has 1 saturated heterocycles. The van der Waals surface area contributed by atoms with Crippen LogP contribution in [0.15, 0.2) is 59.6 Å². The van der Waals surface area contributed by atoms with E-state index < -0.39 is 16.4 Å². The lowest BCUT2D eigenvalue weighted by Crippen LogP contribution is -2.44. The molecule has 2 heterocycles. The zero-order chi connectivity index (χ0) is 24.9. The van der Waals surface area contributed by atoms with E-state index in [4.69, 9.17) is 16.3 Å². The van der Waals surface area contributed by atoms with Crippen LogP contribution < -0.4 is 9.64 Å². The van der Waals surface area contributed by atoms with Gasteiger partial charge in [-0.15, -0.1) is 0 Å². The van der Waals surface area contributed by atoms with E-state index in [1.165, 1.54) is 18.2 Å². The topological polar surface area (TPSA) is 54.8 Å². The molecule has 35 heavy (non-hydrogen) atoms. The minimum absolute atomic E-state index is 0.0144. The third-order valence-corrected chi connectivity index (χ3v) is 8.47. The van der Waals surface area contributed by atoms with Crippen LogP contribution in [-0.2, 0) is 10.0 Å². The van der Waals surface area contributed by atoms with Gasteiger partial charge in [0.2, 0.25) is 0 Å². The average Bonchev–Trinajstić information content (AvgIpc) is 3.23. The summed E-state index contributed by atoms with van der Waals surface area (Å²) in [5.74, 6) is 0.581. The summed E-state index contributed by atoms with van der Waals surface area (Å²) in [7, 11) is -0.690. The number of likely N-dealkylation sites (N-methyl/N-ethyl adjacent to an activating group) is 1. The number of methoxy groups -OCH3 is 1. The maximum atomic E-state index is 14.1. The molecule has 10 heteroatoms. The van der Waals surface area contributed by atoms with Crippen LogP contribution in [0.3, 0.4) is 0 Å². The van der Waals surface area contributed by atoms with E-state index in [-0.39, 0.29) is 26.4 Å². The Morgan fingerprint density at radius 2 is 1.66 bits per heavy atom. The molecule has 0 saturated carbocycles. The minimum atomic E-state index is -4.29. The van der Waals surface area contributed by atoms with Crippen LogP contribution in [0.25, 0.3) is 21.7 Å². The predicted octanol–water partition coefficient (Wildman–Crippen LogP) is 5.38. The maximum absolute atomic E-state index is 14.1. The Morgan fingerprint density at radius 3 is 2.31 bits per heavy atom. The molecule has 0 aliphatic carbocycles. The van der Waals surface area contributed by atoms with E-state index in [0.717, 1.165) is 23.3 Å². The van der Waals surface area contributed by atoms with Gasteiger partial charge in [0.15, 0.2) is 0 Å². The highest BCUT2D eigenvalue weighted by Gasteiger charge is 2.29. The summed E-state index contributed by atoms with van der Waals surface area (Å²) in [6.07, 6.45) is -1.85. The molecule has 6 nitrogen and oxygen atoms in total. The fourth-order valence-electron chi connectivity index (χ4n) is 4.69. The first-order chi connectivity index (χ1) is 16.7. The van der Waals surface area contributed by atoms with E-state index in [0.29, 0.717) is 35.3 Å². The number of rotatable bonds is 5. The van der Waals surface area contributed by atoms with Gasteiger partial charge in [0.1, 0.15) is 5.75 Å². The van der Waals surface area contributed by atoms with Gasteiger partial charge in [0.25, 0.3) is 16.4 Å². The molecule has 5 rings (SSSR count). The number of fused-ring (bicyclic) bond motifs is 2. The van der Waals surface area contributed by atoms with Gasteiger partial charge >= 0.3 is 0 Å². The molecule has 0 spiro atoms. The summed E-state index contributed by atoms with van der Waals surface area (Å²) in [5.41, 5.74) is 0.396. The van der Waals surface area contributed by atoms with Crippen molar-refractivity contribution in [2.45, 2.75) is 11.3 Å². The fraction of sp³-hybridized carbons (Fsp3) is 0.280. The summed E-state index contributed by atoms with van der Waals surface area (Å²) in [6, 6.07) is 13.0. The lowest BCUT2D eigenvalue weighted by Gasteiger charge is -2.35. The molecule has 1 aliphatic heterocycles. The second-order valence-corrected chi connectivity index (χ2v) is 10.8. The van der Waals surface area contributed by atoms with E-state index >= 15 is 0 Å². The first-order valence-electron chi connectivity index (χ1n) is 11.1. The quantitative estimate of drug-likeness (QED) is 0.354. The van der Waals surface area contributed by atoms with Crippen LogP contribution in [0.5, 0.6) is 5.75 Å². The Balaban J connectivity index is 1.79. The third kappa shape index (κ3) is 4.01. The highest BCUT2D eigenvalue weighted by Crippen LogP contribution is 2.42. The van der Waals surface area contributed by atoms with Crippen molar-refractivity contribution in [2.75, 3.05) is 45.2 Å². The monoisotopic (exact) mass is 519 g/mol. The molecule has 0 bridgehead atoms. The smallest absolute Gasteiger partial charge is 0.268 e. The standard InChI is InChI=1S/C25H24ClF2N3O3S/c1-29-9-11-30(12-10-29)22-14-23(18-5-3-4-6-19(18)24(22)34-2)35(32,33)31-15-20(25(27)28)17-8-7-16(26)13-21(17)31/h3-8,13-15,25H,9-12H2,1-2H3. The Labute approximate surface area is 207 Å². The van der Waals surface area contributed by atoms with Crippen molar-refractivity contribution in [3.63, 3.8) is 0 Å². The largest absolute Gasteiger partial charge is 0.494 e. The number of aromatic nitrogens is 1. The molecule has 1 aromatic heterocycles. The molecule has 0 atom stereocenters. The Bertz CT molecular complexity index is 1530. The predicted molar refractivity (Wildman–Crippen MR) is 135 cm³/mol. The van der Waals surface area contributed by atoms with Crippen molar-refractivity contribution in [3.05, 3.63) is 65.3 Å². The van der Waals surface area contributed by atoms with Crippen molar-refractivity contribution < 1.29 is 21.9 Å². The number of hydrogen-bond acceptors (Lipinski definition) is 5. The molecule has 0 radical (unpaired) electrons. The zero-order valence-electron chi connectivity index (χ0n) is 19.2. The number of piperazine rings is 1. The van der Waals surface area contributed by atoms with Gasteiger partial charge in [-0.1, -0.05) is 41.9 Å². The Morgan fingerprint density at radius 1 is 0.971 bits per heavy atom. The summed E-state index contributed by atoms with van der Waals surface area (Å²) in [4.78, 5) is 4.31. The van der Waals surface area contributed by atoms with Crippen LogP contribution in [0.2, 0.25) is 5.02 Å². The van der Waals surface area contributed by atoms with Crippen molar-refractivity contribution in [3.8, 4) is 5.75 Å². The minimum Gasteiger partial charge on any atom is -0.494 e. The molecule has 1 fully saturated rings. The van der Waals surface area contributed by atoms with Crippen LogP contribution in [0.1, 0.15) is 12.0 Å². The number of ether oxygens (including phenoxy) is 1. The SMILES string of the molecule is COc1c(N2CCN(C)CC2)cc(S(=O)(=O)n2cc(C(F)F)c3ccc(Cl)cc32)c2ccccc12. The second-order valence-electron chi connectivity index (χ2n) is 8.61. The van der Waals surface area contributed by atoms with Gasteiger partial charge in [0, 0.05) is 59.1 Å². The molecular weight excluding hydrogens is 496 g/mol. The van der Waals surface area contributed by atoms with Crippen molar-refractivity contribution in [1.82, 2.24) is 8.87 Å². The van der Waals surface area contributed by atoms with Gasteiger partial charge in [-0.2, -0.15) is 0 Å². The van der Waals surface area contributed by atoms with Gasteiger partial charge < -0.3 is 14.5 Å². The Hall–Kier alpha value is -2.88. The number of anilines is 1. The lowest BCUT2D eigenvalue weighted by atomic mass is 10.1. The number of alkyl halides is 2.